The third-order valence-corrected chi connectivity index (χ3v) is 9.99. The maximum Gasteiger partial charge on any atom is 0.159 e. The average Bonchev–Trinajstić information content (AvgIpc) is 3.00. The molecule has 0 amide bonds. The van der Waals surface area contributed by atoms with Crippen LogP contribution < -0.4 is 0 Å². The van der Waals surface area contributed by atoms with Gasteiger partial charge in [-0.1, -0.05) is 53.9 Å². The van der Waals surface area contributed by atoms with Gasteiger partial charge in [0.15, 0.2) is 11.6 Å². The molecule has 0 radical (unpaired) electrons. The van der Waals surface area contributed by atoms with E-state index in [0.717, 1.165) is 29.7 Å². The third kappa shape index (κ3) is 3.47. The van der Waals surface area contributed by atoms with Gasteiger partial charge in [-0.05, 0) is 84.5 Å². The molecule has 0 N–H and O–H groups in total. The lowest BCUT2D eigenvalue weighted by Gasteiger charge is -2.57. The number of allylic oxidation sites excluding steroid dienone is 1. The number of fused-ring (bicyclic) bond motifs is 5. The van der Waals surface area contributed by atoms with E-state index in [2.05, 4.69) is 34.6 Å². The summed E-state index contributed by atoms with van der Waals surface area (Å²) in [7, 11) is 0. The molecule has 7 atom stereocenters. The van der Waals surface area contributed by atoms with Crippen molar-refractivity contribution in [3.8, 4) is 0 Å². The lowest BCUT2D eigenvalue weighted by atomic mass is 9.46. The molecule has 0 aromatic carbocycles. The average molecular weight is 399 g/mol. The first-order valence-electron chi connectivity index (χ1n) is 12.4. The minimum Gasteiger partial charge on any atom is -0.295 e. The summed E-state index contributed by atoms with van der Waals surface area (Å²) in [6.07, 6.45) is 13.3. The number of hydrogen-bond donors (Lipinski definition) is 0. The standard InChI is InChI=1S/C27H42O2/c1-17(2)7-6-8-18(3)21-9-10-22-20-16-25(29)24-15-19(28)11-13-27(24,5)23(20)12-14-26(21,22)4/h15,17-18,20-23H,6-14,16H2,1-5H3/t18-,20+,21?,22+,23+,26-,27-/m1/s1. The largest absolute Gasteiger partial charge is 0.295 e. The molecule has 0 aromatic heterocycles. The van der Waals surface area contributed by atoms with E-state index in [9.17, 15) is 9.59 Å². The van der Waals surface area contributed by atoms with Gasteiger partial charge in [-0.3, -0.25) is 9.59 Å². The van der Waals surface area contributed by atoms with Gasteiger partial charge in [0.05, 0.1) is 0 Å². The number of carbonyl (C=O) groups excluding carboxylic acids is 2. The van der Waals surface area contributed by atoms with Gasteiger partial charge in [0.1, 0.15) is 0 Å². The third-order valence-electron chi connectivity index (χ3n) is 9.99. The van der Waals surface area contributed by atoms with Gasteiger partial charge in [0.2, 0.25) is 0 Å². The van der Waals surface area contributed by atoms with Crippen molar-refractivity contribution in [1.82, 2.24) is 0 Å². The summed E-state index contributed by atoms with van der Waals surface area (Å²) in [6, 6.07) is 0. The molecule has 162 valence electrons. The van der Waals surface area contributed by atoms with E-state index in [1.807, 2.05) is 0 Å². The Morgan fingerprint density at radius 2 is 1.76 bits per heavy atom. The predicted molar refractivity (Wildman–Crippen MR) is 118 cm³/mol. The second-order valence-corrected chi connectivity index (χ2v) is 12.0. The van der Waals surface area contributed by atoms with Gasteiger partial charge in [0, 0.05) is 18.4 Å². The summed E-state index contributed by atoms with van der Waals surface area (Å²) in [5.74, 6) is 4.76. The quantitative estimate of drug-likeness (QED) is 0.512. The number of hydrogen-bond acceptors (Lipinski definition) is 2. The van der Waals surface area contributed by atoms with Crippen LogP contribution in [0.2, 0.25) is 0 Å². The highest BCUT2D eigenvalue weighted by Gasteiger charge is 2.60. The Labute approximate surface area is 178 Å². The van der Waals surface area contributed by atoms with Crippen LogP contribution in [0, 0.1) is 46.3 Å². The molecule has 0 saturated heterocycles. The predicted octanol–water partition coefficient (Wildman–Crippen LogP) is 6.78. The Bertz CT molecular complexity index is 703. The fraction of sp³-hybridized carbons (Fsp3) is 0.852. The fourth-order valence-corrected chi connectivity index (χ4v) is 8.41. The second kappa shape index (κ2) is 7.65. The number of ketones is 2. The van der Waals surface area contributed by atoms with E-state index in [1.54, 1.807) is 6.08 Å². The molecule has 2 nitrogen and oxygen atoms in total. The van der Waals surface area contributed by atoms with Crippen molar-refractivity contribution in [3.05, 3.63) is 11.6 Å². The van der Waals surface area contributed by atoms with Crippen molar-refractivity contribution in [2.45, 2.75) is 98.8 Å². The van der Waals surface area contributed by atoms with Crippen LogP contribution in [0.1, 0.15) is 98.8 Å². The molecule has 0 aliphatic heterocycles. The Kier molecular flexibility index (Phi) is 5.62. The van der Waals surface area contributed by atoms with Gasteiger partial charge in [0.25, 0.3) is 0 Å². The number of rotatable bonds is 5. The van der Waals surface area contributed by atoms with E-state index in [0.29, 0.717) is 41.8 Å². The highest BCUT2D eigenvalue weighted by atomic mass is 16.1. The summed E-state index contributed by atoms with van der Waals surface area (Å²) >= 11 is 0. The summed E-state index contributed by atoms with van der Waals surface area (Å²) in [4.78, 5) is 25.1. The van der Waals surface area contributed by atoms with Crippen molar-refractivity contribution in [1.29, 1.82) is 0 Å². The van der Waals surface area contributed by atoms with Crippen molar-refractivity contribution in [2.75, 3.05) is 0 Å². The van der Waals surface area contributed by atoms with Gasteiger partial charge < -0.3 is 0 Å². The van der Waals surface area contributed by atoms with E-state index in [1.165, 1.54) is 44.9 Å². The molecule has 2 heteroatoms. The Morgan fingerprint density at radius 1 is 1.00 bits per heavy atom. The Morgan fingerprint density at radius 3 is 2.48 bits per heavy atom. The Hall–Kier alpha value is -0.920. The number of Topliss-reactive ketones (excluding diaryl/α,β-unsaturated/α-hetero) is 1. The summed E-state index contributed by atoms with van der Waals surface area (Å²) in [6.45, 7) is 12.1. The lowest BCUT2D eigenvalue weighted by molar-refractivity contribution is -0.131. The van der Waals surface area contributed by atoms with Crippen molar-refractivity contribution in [3.63, 3.8) is 0 Å². The van der Waals surface area contributed by atoms with Crippen LogP contribution in [0.4, 0.5) is 0 Å². The molecule has 0 aromatic rings. The zero-order valence-corrected chi connectivity index (χ0v) is 19.4. The van der Waals surface area contributed by atoms with Crippen LogP contribution in [-0.4, -0.2) is 11.6 Å². The Balaban J connectivity index is 1.54. The summed E-state index contributed by atoms with van der Waals surface area (Å²) in [5.41, 5.74) is 1.26. The maximum absolute atomic E-state index is 13.1. The maximum atomic E-state index is 13.1. The van der Waals surface area contributed by atoms with E-state index < -0.39 is 0 Å². The second-order valence-electron chi connectivity index (χ2n) is 12.0. The molecule has 0 spiro atoms. The molecule has 4 aliphatic carbocycles. The molecule has 1 unspecified atom stereocenters. The SMILES string of the molecule is CC(C)CCC[C@@H](C)C1CC[C@H]2[C@@H]3CC(=O)C4=CC(=O)CC[C@]4(C)[C@H]3CC[C@]12C. The van der Waals surface area contributed by atoms with Gasteiger partial charge in [-0.25, -0.2) is 0 Å². The molecule has 0 heterocycles. The van der Waals surface area contributed by atoms with Crippen LogP contribution >= 0.6 is 0 Å². The first-order valence-corrected chi connectivity index (χ1v) is 12.4. The topological polar surface area (TPSA) is 34.1 Å². The normalized spacial score (nSPS) is 42.9. The molecule has 3 fully saturated rings. The van der Waals surface area contributed by atoms with Gasteiger partial charge in [-0.15, -0.1) is 0 Å². The molecule has 3 saturated carbocycles. The van der Waals surface area contributed by atoms with E-state index >= 15 is 0 Å². The minimum absolute atomic E-state index is 0.0454. The number of carbonyl (C=O) groups is 2. The summed E-state index contributed by atoms with van der Waals surface area (Å²) < 4.78 is 0. The highest BCUT2D eigenvalue weighted by molar-refractivity contribution is 6.05. The zero-order chi connectivity index (χ0) is 21.0. The monoisotopic (exact) mass is 398 g/mol. The smallest absolute Gasteiger partial charge is 0.159 e. The van der Waals surface area contributed by atoms with Crippen LogP contribution in [0.25, 0.3) is 0 Å². The minimum atomic E-state index is -0.0454. The van der Waals surface area contributed by atoms with Crippen molar-refractivity contribution >= 4 is 11.6 Å². The first kappa shape index (κ1) is 21.3. The lowest BCUT2D eigenvalue weighted by Crippen LogP contribution is -2.53. The fourth-order valence-electron chi connectivity index (χ4n) is 8.41. The summed E-state index contributed by atoms with van der Waals surface area (Å²) in [5, 5.41) is 0. The molecule has 4 aliphatic rings. The van der Waals surface area contributed by atoms with Crippen molar-refractivity contribution < 1.29 is 9.59 Å². The van der Waals surface area contributed by atoms with Crippen LogP contribution in [0.15, 0.2) is 11.6 Å². The van der Waals surface area contributed by atoms with E-state index in [-0.39, 0.29) is 11.2 Å². The molecular formula is C27H42O2. The van der Waals surface area contributed by atoms with Crippen LogP contribution in [0.5, 0.6) is 0 Å². The first-order chi connectivity index (χ1) is 13.7. The van der Waals surface area contributed by atoms with Crippen LogP contribution in [-0.2, 0) is 9.59 Å². The molecular weight excluding hydrogens is 356 g/mol. The van der Waals surface area contributed by atoms with E-state index in [4.69, 9.17) is 0 Å². The zero-order valence-electron chi connectivity index (χ0n) is 19.4. The van der Waals surface area contributed by atoms with Gasteiger partial charge >= 0.3 is 0 Å². The van der Waals surface area contributed by atoms with Crippen molar-refractivity contribution in [2.24, 2.45) is 46.3 Å². The van der Waals surface area contributed by atoms with Gasteiger partial charge in [-0.2, -0.15) is 0 Å². The highest BCUT2D eigenvalue weighted by Crippen LogP contribution is 2.67. The molecule has 0 bridgehead atoms. The molecule has 29 heavy (non-hydrogen) atoms. The molecule has 4 rings (SSSR count). The van der Waals surface area contributed by atoms with Crippen LogP contribution in [0.3, 0.4) is 0 Å².